The quantitative estimate of drug-likeness (QED) is 0.159. The van der Waals surface area contributed by atoms with E-state index in [1.807, 2.05) is 0 Å². The predicted molar refractivity (Wildman–Crippen MR) is 134 cm³/mol. The summed E-state index contributed by atoms with van der Waals surface area (Å²) in [6.45, 7) is 3.38. The number of rotatable bonds is 13. The van der Waals surface area contributed by atoms with Crippen molar-refractivity contribution < 1.29 is 29.4 Å². The molecule has 0 spiro atoms. The first-order valence-electron chi connectivity index (χ1n) is 11.3. The number of carboxylic acids is 1. The molecule has 12 nitrogen and oxygen atoms in total. The minimum absolute atomic E-state index is 0.0408. The Hall–Kier alpha value is -3.58. The van der Waals surface area contributed by atoms with Crippen LogP contribution in [0.2, 0.25) is 0 Å². The number of imidazole rings is 1. The Morgan fingerprint density at radius 3 is 2.17 bits per heavy atom. The Morgan fingerprint density at radius 1 is 1.00 bits per heavy atom. The van der Waals surface area contributed by atoms with Gasteiger partial charge in [0.2, 0.25) is 17.7 Å². The van der Waals surface area contributed by atoms with Crippen LogP contribution < -0.4 is 21.7 Å². The molecule has 1 heterocycles. The van der Waals surface area contributed by atoms with Gasteiger partial charge >= 0.3 is 5.97 Å². The minimum atomic E-state index is -1.25. The van der Waals surface area contributed by atoms with Gasteiger partial charge in [0.1, 0.15) is 23.9 Å². The summed E-state index contributed by atoms with van der Waals surface area (Å²) in [6.07, 6.45) is 3.21. The fourth-order valence-electron chi connectivity index (χ4n) is 3.32. The van der Waals surface area contributed by atoms with E-state index in [9.17, 15) is 29.4 Å². The van der Waals surface area contributed by atoms with Gasteiger partial charge in [-0.1, -0.05) is 26.0 Å². The highest BCUT2D eigenvalue weighted by atomic mass is 32.1. The van der Waals surface area contributed by atoms with Gasteiger partial charge in [0.25, 0.3) is 0 Å². The lowest BCUT2D eigenvalue weighted by Gasteiger charge is -2.27. The van der Waals surface area contributed by atoms with Crippen molar-refractivity contribution in [2.75, 3.05) is 5.75 Å². The maximum absolute atomic E-state index is 13.3. The summed E-state index contributed by atoms with van der Waals surface area (Å²) in [5, 5.41) is 26.4. The van der Waals surface area contributed by atoms with Crippen LogP contribution >= 0.6 is 12.6 Å². The molecule has 0 aliphatic rings. The molecule has 196 valence electrons. The van der Waals surface area contributed by atoms with Gasteiger partial charge < -0.3 is 36.9 Å². The number of nitrogens with two attached hydrogens (primary N) is 1. The molecule has 0 fully saturated rings. The van der Waals surface area contributed by atoms with Crippen LogP contribution in [-0.4, -0.2) is 73.8 Å². The highest BCUT2D eigenvalue weighted by Gasteiger charge is 2.31. The van der Waals surface area contributed by atoms with Crippen LogP contribution in [0, 0.1) is 5.92 Å². The highest BCUT2D eigenvalue weighted by Crippen LogP contribution is 2.12. The van der Waals surface area contributed by atoms with Crippen LogP contribution in [0.15, 0.2) is 36.8 Å². The number of nitrogens with one attached hydrogen (secondary N) is 4. The van der Waals surface area contributed by atoms with Crippen LogP contribution in [0.5, 0.6) is 5.75 Å². The Morgan fingerprint density at radius 2 is 1.64 bits per heavy atom. The third-order valence-electron chi connectivity index (χ3n) is 5.38. The Balaban J connectivity index is 2.19. The first kappa shape index (κ1) is 28.7. The van der Waals surface area contributed by atoms with E-state index in [1.165, 1.54) is 24.7 Å². The average Bonchev–Trinajstić information content (AvgIpc) is 3.34. The standard InChI is InChI=1S/C23H32N6O6S/c1-12(2)19(22(33)28-18(10-36)23(34)35)29-21(32)17(7-13-3-5-15(30)6-4-13)27-20(31)16(24)8-14-9-25-11-26-14/h3-6,9,11-12,16-19,30,36H,7-8,10,24H2,1-2H3,(H,25,26)(H,27,31)(H,28,33)(H,29,32)(H,34,35). The van der Waals surface area contributed by atoms with Gasteiger partial charge in [-0.2, -0.15) is 12.6 Å². The van der Waals surface area contributed by atoms with Crippen molar-refractivity contribution in [1.29, 1.82) is 0 Å². The zero-order valence-corrected chi connectivity index (χ0v) is 20.9. The predicted octanol–water partition coefficient (Wildman–Crippen LogP) is -0.647. The molecule has 0 bridgehead atoms. The van der Waals surface area contributed by atoms with Crippen LogP contribution in [-0.2, 0) is 32.0 Å². The third-order valence-corrected chi connectivity index (χ3v) is 5.75. The van der Waals surface area contributed by atoms with E-state index in [2.05, 4.69) is 38.5 Å². The van der Waals surface area contributed by atoms with Crippen molar-refractivity contribution in [3.05, 3.63) is 48.0 Å². The number of hydrogen-bond donors (Lipinski definition) is 8. The van der Waals surface area contributed by atoms with Gasteiger partial charge in [-0.05, 0) is 23.6 Å². The van der Waals surface area contributed by atoms with Gasteiger partial charge in [-0.15, -0.1) is 0 Å². The number of aromatic hydroxyl groups is 1. The zero-order chi connectivity index (χ0) is 26.8. The number of aromatic nitrogens is 2. The number of aromatic amines is 1. The Labute approximate surface area is 213 Å². The SMILES string of the molecule is CC(C)C(NC(=O)C(Cc1ccc(O)cc1)NC(=O)C(N)Cc1cnc[nH]1)C(=O)NC(CS)C(=O)O. The molecule has 8 N–H and O–H groups in total. The van der Waals surface area contributed by atoms with E-state index >= 15 is 0 Å². The molecule has 36 heavy (non-hydrogen) atoms. The van der Waals surface area contributed by atoms with Crippen LogP contribution in [0.3, 0.4) is 0 Å². The minimum Gasteiger partial charge on any atom is -0.508 e. The monoisotopic (exact) mass is 520 g/mol. The number of hydrogen-bond acceptors (Lipinski definition) is 8. The molecule has 0 saturated carbocycles. The number of phenols is 1. The topological polar surface area (TPSA) is 200 Å². The van der Waals surface area contributed by atoms with Crippen molar-refractivity contribution in [3.8, 4) is 5.75 Å². The van der Waals surface area contributed by atoms with Crippen LogP contribution in [0.1, 0.15) is 25.1 Å². The number of carbonyl (C=O) groups excluding carboxylic acids is 3. The summed E-state index contributed by atoms with van der Waals surface area (Å²) >= 11 is 3.94. The zero-order valence-electron chi connectivity index (χ0n) is 20.0. The second-order valence-electron chi connectivity index (χ2n) is 8.63. The molecule has 1 aromatic carbocycles. The Bertz CT molecular complexity index is 1030. The molecule has 13 heteroatoms. The Kier molecular flexibility index (Phi) is 10.7. The number of phenolic OH excluding ortho intramolecular Hbond substituents is 1. The number of carbonyl (C=O) groups is 4. The first-order valence-corrected chi connectivity index (χ1v) is 11.9. The third kappa shape index (κ3) is 8.57. The van der Waals surface area contributed by atoms with Gasteiger partial charge in [-0.25, -0.2) is 9.78 Å². The van der Waals surface area contributed by atoms with E-state index in [-0.39, 0.29) is 24.3 Å². The number of carboxylic acid groups (broad SMARTS) is 1. The van der Waals surface area contributed by atoms with Gasteiger partial charge in [0.05, 0.1) is 12.4 Å². The average molecular weight is 521 g/mol. The molecule has 1 aromatic heterocycles. The maximum atomic E-state index is 13.3. The first-order chi connectivity index (χ1) is 17.0. The van der Waals surface area contributed by atoms with Crippen LogP contribution in [0.4, 0.5) is 0 Å². The number of H-pyrrole nitrogens is 1. The van der Waals surface area contributed by atoms with E-state index in [4.69, 9.17) is 5.73 Å². The number of benzene rings is 1. The van der Waals surface area contributed by atoms with Gasteiger partial charge in [-0.3, -0.25) is 14.4 Å². The molecular weight excluding hydrogens is 488 g/mol. The number of thiol groups is 1. The molecule has 0 radical (unpaired) electrons. The lowest BCUT2D eigenvalue weighted by molar-refractivity contribution is -0.142. The fraction of sp³-hybridized carbons (Fsp3) is 0.435. The second-order valence-corrected chi connectivity index (χ2v) is 9.00. The van der Waals surface area contributed by atoms with E-state index in [0.717, 1.165) is 0 Å². The molecule has 3 amide bonds. The van der Waals surface area contributed by atoms with E-state index in [0.29, 0.717) is 11.3 Å². The maximum Gasteiger partial charge on any atom is 0.327 e. The molecule has 4 unspecified atom stereocenters. The number of amides is 3. The molecule has 0 aliphatic carbocycles. The van der Waals surface area contributed by atoms with Crippen molar-refractivity contribution in [2.24, 2.45) is 11.7 Å². The van der Waals surface area contributed by atoms with Crippen molar-refractivity contribution in [3.63, 3.8) is 0 Å². The highest BCUT2D eigenvalue weighted by molar-refractivity contribution is 7.80. The normalized spacial score (nSPS) is 14.4. The second kappa shape index (κ2) is 13.5. The van der Waals surface area contributed by atoms with Crippen molar-refractivity contribution >= 4 is 36.3 Å². The van der Waals surface area contributed by atoms with Crippen molar-refractivity contribution in [2.45, 2.75) is 50.9 Å². The van der Waals surface area contributed by atoms with Gasteiger partial charge in [0.15, 0.2) is 0 Å². The summed E-state index contributed by atoms with van der Waals surface area (Å²) < 4.78 is 0. The van der Waals surface area contributed by atoms with Crippen LogP contribution in [0.25, 0.3) is 0 Å². The molecular formula is C23H32N6O6S. The number of aliphatic carboxylic acids is 1. The van der Waals surface area contributed by atoms with Crippen molar-refractivity contribution in [1.82, 2.24) is 25.9 Å². The lowest BCUT2D eigenvalue weighted by atomic mass is 10.00. The molecule has 0 saturated heterocycles. The van der Waals surface area contributed by atoms with E-state index in [1.54, 1.807) is 26.0 Å². The van der Waals surface area contributed by atoms with Gasteiger partial charge in [0, 0.05) is 30.5 Å². The molecule has 2 aromatic rings. The molecule has 4 atom stereocenters. The fourth-order valence-corrected chi connectivity index (χ4v) is 3.56. The molecule has 2 rings (SSSR count). The number of nitrogens with zero attached hydrogens (tertiary/aromatic N) is 1. The summed E-state index contributed by atoms with van der Waals surface area (Å²) in [4.78, 5) is 56.8. The summed E-state index contributed by atoms with van der Waals surface area (Å²) in [7, 11) is 0. The summed E-state index contributed by atoms with van der Waals surface area (Å²) in [6, 6.07) is 1.71. The molecule has 0 aliphatic heterocycles. The van der Waals surface area contributed by atoms with E-state index < -0.39 is 53.8 Å². The smallest absolute Gasteiger partial charge is 0.327 e. The summed E-state index contributed by atoms with van der Waals surface area (Å²) in [5.74, 6) is -3.67. The largest absolute Gasteiger partial charge is 0.508 e. The lowest BCUT2D eigenvalue weighted by Crippen LogP contribution is -2.59. The summed E-state index contributed by atoms with van der Waals surface area (Å²) in [5.41, 5.74) is 7.30.